The molecule has 0 amide bonds. The number of hydrogen-bond acceptors (Lipinski definition) is 1. The molecular formula is C14H20FN. The topological polar surface area (TPSA) is 12.0 Å². The first kappa shape index (κ1) is 11.6. The second-order valence-electron chi connectivity index (χ2n) is 4.56. The van der Waals surface area contributed by atoms with E-state index in [-0.39, 0.29) is 5.82 Å². The van der Waals surface area contributed by atoms with Crippen LogP contribution in [0.1, 0.15) is 49.8 Å². The zero-order valence-electron chi connectivity index (χ0n) is 9.93. The average molecular weight is 221 g/mol. The minimum Gasteiger partial charge on any atom is -0.310 e. The number of nitrogens with one attached hydrogen (secondary N) is 1. The predicted molar refractivity (Wildman–Crippen MR) is 65.0 cm³/mol. The molecule has 0 fully saturated rings. The van der Waals surface area contributed by atoms with Crippen molar-refractivity contribution in [2.45, 2.75) is 45.1 Å². The molecule has 1 aliphatic rings. The van der Waals surface area contributed by atoms with E-state index in [0.29, 0.717) is 6.04 Å². The Balaban J connectivity index is 1.93. The molecule has 16 heavy (non-hydrogen) atoms. The summed E-state index contributed by atoms with van der Waals surface area (Å²) in [6, 6.07) is 5.82. The molecule has 0 bridgehead atoms. The maximum absolute atomic E-state index is 13.5. The van der Waals surface area contributed by atoms with Crippen molar-refractivity contribution in [3.05, 3.63) is 35.1 Å². The number of benzene rings is 1. The van der Waals surface area contributed by atoms with E-state index < -0.39 is 0 Å². The van der Waals surface area contributed by atoms with E-state index in [1.165, 1.54) is 24.8 Å². The summed E-state index contributed by atoms with van der Waals surface area (Å²) in [4.78, 5) is 0. The highest BCUT2D eigenvalue weighted by atomic mass is 19.1. The molecule has 0 radical (unpaired) electrons. The third-order valence-corrected chi connectivity index (χ3v) is 3.38. The van der Waals surface area contributed by atoms with Gasteiger partial charge in [-0.25, -0.2) is 4.39 Å². The summed E-state index contributed by atoms with van der Waals surface area (Å²) >= 11 is 0. The number of fused-ring (bicyclic) bond motifs is 1. The Morgan fingerprint density at radius 2 is 2.25 bits per heavy atom. The number of halogens is 1. The van der Waals surface area contributed by atoms with Crippen LogP contribution in [0.5, 0.6) is 0 Å². The lowest BCUT2D eigenvalue weighted by Crippen LogP contribution is -2.20. The molecule has 88 valence electrons. The van der Waals surface area contributed by atoms with Crippen LogP contribution in [0.25, 0.3) is 0 Å². The van der Waals surface area contributed by atoms with Crippen LogP contribution >= 0.6 is 0 Å². The zero-order valence-corrected chi connectivity index (χ0v) is 9.93. The second kappa shape index (κ2) is 5.44. The molecule has 0 aliphatic heterocycles. The van der Waals surface area contributed by atoms with Crippen molar-refractivity contribution in [2.75, 3.05) is 6.54 Å². The summed E-state index contributed by atoms with van der Waals surface area (Å²) in [5, 5.41) is 3.53. The van der Waals surface area contributed by atoms with Gasteiger partial charge in [0.05, 0.1) is 0 Å². The lowest BCUT2D eigenvalue weighted by Gasteiger charge is -2.13. The molecule has 0 aromatic heterocycles. The Labute approximate surface area is 97.1 Å². The van der Waals surface area contributed by atoms with E-state index in [1.54, 1.807) is 6.07 Å². The molecule has 1 unspecified atom stereocenters. The van der Waals surface area contributed by atoms with Crippen molar-refractivity contribution in [1.82, 2.24) is 5.32 Å². The van der Waals surface area contributed by atoms with Gasteiger partial charge in [0.25, 0.3) is 0 Å². The van der Waals surface area contributed by atoms with Gasteiger partial charge in [-0.3, -0.25) is 0 Å². The molecule has 1 atom stereocenters. The van der Waals surface area contributed by atoms with Gasteiger partial charge in [0.1, 0.15) is 5.82 Å². The SMILES string of the molecule is CCCCCNC1CCc2c(F)cccc21. The fraction of sp³-hybridized carbons (Fsp3) is 0.571. The van der Waals surface area contributed by atoms with Crippen LogP contribution in [0, 0.1) is 5.82 Å². The minimum absolute atomic E-state index is 0.0321. The molecule has 1 N–H and O–H groups in total. The van der Waals surface area contributed by atoms with Gasteiger partial charge in [0, 0.05) is 6.04 Å². The molecule has 0 saturated heterocycles. The Morgan fingerprint density at radius 3 is 3.06 bits per heavy atom. The molecule has 2 heteroatoms. The smallest absolute Gasteiger partial charge is 0.126 e. The third kappa shape index (κ3) is 2.43. The Kier molecular flexibility index (Phi) is 3.94. The summed E-state index contributed by atoms with van der Waals surface area (Å²) in [5.74, 6) is -0.0321. The van der Waals surface area contributed by atoms with Crippen molar-refractivity contribution in [3.63, 3.8) is 0 Å². The summed E-state index contributed by atoms with van der Waals surface area (Å²) in [7, 11) is 0. The van der Waals surface area contributed by atoms with Gasteiger partial charge in [-0.15, -0.1) is 0 Å². The summed E-state index contributed by atoms with van der Waals surface area (Å²) < 4.78 is 13.5. The van der Waals surface area contributed by atoms with Gasteiger partial charge in [-0.05, 0) is 43.0 Å². The van der Waals surface area contributed by atoms with E-state index in [1.807, 2.05) is 6.07 Å². The normalized spacial score (nSPS) is 18.8. The number of unbranched alkanes of at least 4 members (excludes halogenated alkanes) is 2. The van der Waals surface area contributed by atoms with Gasteiger partial charge < -0.3 is 5.32 Å². The van der Waals surface area contributed by atoms with Gasteiger partial charge in [0.15, 0.2) is 0 Å². The number of hydrogen-bond donors (Lipinski definition) is 1. The van der Waals surface area contributed by atoms with E-state index in [0.717, 1.165) is 24.9 Å². The van der Waals surface area contributed by atoms with Gasteiger partial charge in [0.2, 0.25) is 0 Å². The molecule has 0 heterocycles. The molecule has 1 aromatic rings. The third-order valence-electron chi connectivity index (χ3n) is 3.38. The summed E-state index contributed by atoms with van der Waals surface area (Å²) in [6.45, 7) is 3.26. The Morgan fingerprint density at radius 1 is 1.38 bits per heavy atom. The molecule has 2 rings (SSSR count). The first-order valence-electron chi connectivity index (χ1n) is 6.33. The van der Waals surface area contributed by atoms with Crippen LogP contribution in [0.3, 0.4) is 0 Å². The van der Waals surface area contributed by atoms with Crippen molar-refractivity contribution >= 4 is 0 Å². The monoisotopic (exact) mass is 221 g/mol. The molecule has 1 aromatic carbocycles. The van der Waals surface area contributed by atoms with Crippen LogP contribution in [-0.2, 0) is 6.42 Å². The van der Waals surface area contributed by atoms with Crippen LogP contribution in [0.2, 0.25) is 0 Å². The second-order valence-corrected chi connectivity index (χ2v) is 4.56. The van der Waals surface area contributed by atoms with Crippen LogP contribution in [0.15, 0.2) is 18.2 Å². The maximum Gasteiger partial charge on any atom is 0.126 e. The van der Waals surface area contributed by atoms with Gasteiger partial charge in [-0.2, -0.15) is 0 Å². The van der Waals surface area contributed by atoms with Crippen LogP contribution < -0.4 is 5.32 Å². The fourth-order valence-electron chi connectivity index (χ4n) is 2.47. The lowest BCUT2D eigenvalue weighted by atomic mass is 10.1. The van der Waals surface area contributed by atoms with Crippen molar-refractivity contribution in [3.8, 4) is 0 Å². The van der Waals surface area contributed by atoms with Crippen molar-refractivity contribution in [2.24, 2.45) is 0 Å². The van der Waals surface area contributed by atoms with Crippen molar-refractivity contribution < 1.29 is 4.39 Å². The van der Waals surface area contributed by atoms with Crippen LogP contribution in [0.4, 0.5) is 4.39 Å². The minimum atomic E-state index is -0.0321. The average Bonchev–Trinajstić information content (AvgIpc) is 2.70. The van der Waals surface area contributed by atoms with E-state index in [9.17, 15) is 4.39 Å². The van der Waals surface area contributed by atoms with Gasteiger partial charge in [-0.1, -0.05) is 31.9 Å². The first-order chi connectivity index (χ1) is 7.83. The lowest BCUT2D eigenvalue weighted by molar-refractivity contribution is 0.511. The first-order valence-corrected chi connectivity index (χ1v) is 6.33. The Hall–Kier alpha value is -0.890. The molecule has 0 spiro atoms. The highest BCUT2D eigenvalue weighted by molar-refractivity contribution is 5.35. The standard InChI is InChI=1S/C14H20FN/c1-2-3-4-10-16-14-9-8-11-12(14)6-5-7-13(11)15/h5-7,14,16H,2-4,8-10H2,1H3. The van der Waals surface area contributed by atoms with Gasteiger partial charge >= 0.3 is 0 Å². The highest BCUT2D eigenvalue weighted by Gasteiger charge is 2.23. The molecule has 0 saturated carbocycles. The van der Waals surface area contributed by atoms with E-state index in [2.05, 4.69) is 18.3 Å². The summed E-state index contributed by atoms with van der Waals surface area (Å²) in [6.07, 6.45) is 5.67. The maximum atomic E-state index is 13.5. The predicted octanol–water partition coefficient (Wildman–Crippen LogP) is 3.59. The fourth-order valence-corrected chi connectivity index (χ4v) is 2.47. The van der Waals surface area contributed by atoms with Crippen LogP contribution in [-0.4, -0.2) is 6.54 Å². The quantitative estimate of drug-likeness (QED) is 0.749. The molecule has 1 nitrogen and oxygen atoms in total. The highest BCUT2D eigenvalue weighted by Crippen LogP contribution is 2.32. The van der Waals surface area contributed by atoms with E-state index in [4.69, 9.17) is 0 Å². The van der Waals surface area contributed by atoms with Crippen molar-refractivity contribution in [1.29, 1.82) is 0 Å². The molecular weight excluding hydrogens is 201 g/mol. The summed E-state index contributed by atoms with van der Waals surface area (Å²) in [5.41, 5.74) is 2.10. The number of rotatable bonds is 5. The Bertz CT molecular complexity index is 349. The van der Waals surface area contributed by atoms with E-state index >= 15 is 0 Å². The largest absolute Gasteiger partial charge is 0.310 e. The molecule has 1 aliphatic carbocycles. The zero-order chi connectivity index (χ0) is 11.4.